The summed E-state index contributed by atoms with van der Waals surface area (Å²) in [7, 11) is 7.84. The van der Waals surface area contributed by atoms with Crippen molar-refractivity contribution in [1.29, 1.82) is 0 Å². The Balaban J connectivity index is 1.78. The highest BCUT2D eigenvalue weighted by atomic mass is 16.2. The van der Waals surface area contributed by atoms with Crippen LogP contribution in [0, 0.1) is 0 Å². The molecule has 0 radical (unpaired) electrons. The standard InChI is InChI=1S/C27H29N5O2/c1-31(2)23-14-10-20(11-15-23)18-25(29-26(33)22-8-6-5-7-9-22)27(34)30-28-19-21-12-16-24(17-13-21)32(3)4/h5-19H,1-4H3,(H,29,33)(H,30,34)/b25-18-,28-19+. The molecule has 0 bridgehead atoms. The maximum atomic E-state index is 12.9. The van der Waals surface area contributed by atoms with Gasteiger partial charge in [-0.1, -0.05) is 42.5 Å². The topological polar surface area (TPSA) is 77.0 Å². The van der Waals surface area contributed by atoms with E-state index in [0.29, 0.717) is 5.56 Å². The van der Waals surface area contributed by atoms with E-state index < -0.39 is 5.91 Å². The quantitative estimate of drug-likeness (QED) is 0.308. The van der Waals surface area contributed by atoms with Crippen LogP contribution in [0.1, 0.15) is 21.5 Å². The van der Waals surface area contributed by atoms with Gasteiger partial charge in [-0.05, 0) is 53.6 Å². The molecule has 0 atom stereocenters. The van der Waals surface area contributed by atoms with E-state index in [-0.39, 0.29) is 11.6 Å². The molecule has 0 saturated carbocycles. The molecule has 0 spiro atoms. The molecule has 3 rings (SSSR count). The minimum absolute atomic E-state index is 0.0894. The second kappa shape index (κ2) is 11.5. The van der Waals surface area contributed by atoms with E-state index in [4.69, 9.17) is 0 Å². The normalized spacial score (nSPS) is 11.2. The molecule has 0 aromatic heterocycles. The van der Waals surface area contributed by atoms with Crippen LogP contribution in [0.4, 0.5) is 11.4 Å². The number of carbonyl (C=O) groups is 2. The lowest BCUT2D eigenvalue weighted by Gasteiger charge is -2.13. The summed E-state index contributed by atoms with van der Waals surface area (Å²) in [4.78, 5) is 29.6. The van der Waals surface area contributed by atoms with Gasteiger partial charge in [0.05, 0.1) is 6.21 Å². The molecule has 0 heterocycles. The van der Waals surface area contributed by atoms with Crippen molar-refractivity contribution in [2.45, 2.75) is 0 Å². The first-order valence-electron chi connectivity index (χ1n) is 10.8. The van der Waals surface area contributed by atoms with E-state index in [1.165, 1.54) is 0 Å². The predicted octanol–water partition coefficient (Wildman–Crippen LogP) is 3.74. The number of hydrazone groups is 1. The summed E-state index contributed by atoms with van der Waals surface area (Å²) in [6.07, 6.45) is 3.18. The number of benzene rings is 3. The van der Waals surface area contributed by atoms with Gasteiger partial charge in [-0.25, -0.2) is 5.43 Å². The van der Waals surface area contributed by atoms with Crippen molar-refractivity contribution in [1.82, 2.24) is 10.7 Å². The maximum absolute atomic E-state index is 12.9. The highest BCUT2D eigenvalue weighted by molar-refractivity contribution is 6.05. The average Bonchev–Trinajstić information content (AvgIpc) is 2.84. The largest absolute Gasteiger partial charge is 0.378 e. The van der Waals surface area contributed by atoms with E-state index in [1.807, 2.05) is 92.6 Å². The van der Waals surface area contributed by atoms with Gasteiger partial charge in [-0.3, -0.25) is 9.59 Å². The number of rotatable bonds is 8. The monoisotopic (exact) mass is 455 g/mol. The molecule has 7 heteroatoms. The van der Waals surface area contributed by atoms with Crippen LogP contribution >= 0.6 is 0 Å². The Labute approximate surface area is 200 Å². The number of carbonyl (C=O) groups excluding carboxylic acids is 2. The second-order valence-electron chi connectivity index (χ2n) is 8.05. The first kappa shape index (κ1) is 24.3. The average molecular weight is 456 g/mol. The van der Waals surface area contributed by atoms with E-state index in [2.05, 4.69) is 15.8 Å². The number of amides is 2. The molecular formula is C27H29N5O2. The van der Waals surface area contributed by atoms with Gasteiger partial charge in [0.2, 0.25) is 0 Å². The summed E-state index contributed by atoms with van der Waals surface area (Å²) in [5.41, 5.74) is 6.75. The van der Waals surface area contributed by atoms with Crippen molar-refractivity contribution in [2.24, 2.45) is 5.10 Å². The number of hydrogen-bond acceptors (Lipinski definition) is 5. The Morgan fingerprint density at radius 2 is 1.26 bits per heavy atom. The van der Waals surface area contributed by atoms with Gasteiger partial charge < -0.3 is 15.1 Å². The van der Waals surface area contributed by atoms with E-state index >= 15 is 0 Å². The Morgan fingerprint density at radius 3 is 1.79 bits per heavy atom. The number of nitrogens with one attached hydrogen (secondary N) is 2. The highest BCUT2D eigenvalue weighted by Gasteiger charge is 2.14. The zero-order valence-electron chi connectivity index (χ0n) is 19.8. The van der Waals surface area contributed by atoms with Gasteiger partial charge in [0.1, 0.15) is 5.70 Å². The number of nitrogens with zero attached hydrogens (tertiary/aromatic N) is 3. The van der Waals surface area contributed by atoms with Crippen LogP contribution in [-0.2, 0) is 4.79 Å². The van der Waals surface area contributed by atoms with Crippen molar-refractivity contribution in [3.05, 3.63) is 101 Å². The molecule has 7 nitrogen and oxygen atoms in total. The lowest BCUT2D eigenvalue weighted by molar-refractivity contribution is -0.117. The fourth-order valence-electron chi connectivity index (χ4n) is 3.06. The van der Waals surface area contributed by atoms with Crippen LogP contribution in [0.2, 0.25) is 0 Å². The fraction of sp³-hybridized carbons (Fsp3) is 0.148. The smallest absolute Gasteiger partial charge is 0.287 e. The van der Waals surface area contributed by atoms with E-state index in [1.54, 1.807) is 36.6 Å². The van der Waals surface area contributed by atoms with Crippen LogP contribution in [-0.4, -0.2) is 46.2 Å². The fourth-order valence-corrected chi connectivity index (χ4v) is 3.06. The summed E-state index contributed by atoms with van der Waals surface area (Å²) in [5.74, 6) is -0.905. The molecule has 2 N–H and O–H groups in total. The zero-order valence-corrected chi connectivity index (χ0v) is 19.8. The van der Waals surface area contributed by atoms with Crippen LogP contribution in [0.3, 0.4) is 0 Å². The van der Waals surface area contributed by atoms with E-state index in [9.17, 15) is 9.59 Å². The lowest BCUT2D eigenvalue weighted by atomic mass is 10.1. The Bertz CT molecular complexity index is 1170. The van der Waals surface area contributed by atoms with Gasteiger partial charge in [0, 0.05) is 45.1 Å². The SMILES string of the molecule is CN(C)c1ccc(/C=C(\NC(=O)c2ccccc2)C(=O)N/N=C/c2ccc(N(C)C)cc2)cc1. The molecular weight excluding hydrogens is 426 g/mol. The van der Waals surface area contributed by atoms with E-state index in [0.717, 1.165) is 22.5 Å². The van der Waals surface area contributed by atoms with Crippen LogP contribution in [0.25, 0.3) is 6.08 Å². The molecule has 0 unspecified atom stereocenters. The minimum atomic E-state index is -0.526. The minimum Gasteiger partial charge on any atom is -0.378 e. The summed E-state index contributed by atoms with van der Waals surface area (Å²) >= 11 is 0. The van der Waals surface area contributed by atoms with Crippen LogP contribution in [0.15, 0.2) is 89.7 Å². The number of anilines is 2. The number of hydrogen-bond donors (Lipinski definition) is 2. The summed E-state index contributed by atoms with van der Waals surface area (Å²) in [6, 6.07) is 24.1. The third-order valence-electron chi connectivity index (χ3n) is 5.04. The Hall–Kier alpha value is -4.39. The van der Waals surface area contributed by atoms with Crippen molar-refractivity contribution >= 4 is 35.5 Å². The summed E-state index contributed by atoms with van der Waals surface area (Å²) in [6.45, 7) is 0. The molecule has 3 aromatic carbocycles. The molecule has 3 aromatic rings. The highest BCUT2D eigenvalue weighted by Crippen LogP contribution is 2.15. The molecule has 0 aliphatic heterocycles. The predicted molar refractivity (Wildman–Crippen MR) is 139 cm³/mol. The molecule has 34 heavy (non-hydrogen) atoms. The van der Waals surface area contributed by atoms with Gasteiger partial charge in [-0.15, -0.1) is 0 Å². The zero-order chi connectivity index (χ0) is 24.5. The van der Waals surface area contributed by atoms with Crippen molar-refractivity contribution in [3.63, 3.8) is 0 Å². The molecule has 174 valence electrons. The van der Waals surface area contributed by atoms with Crippen molar-refractivity contribution in [3.8, 4) is 0 Å². The Morgan fingerprint density at radius 1 is 0.735 bits per heavy atom. The maximum Gasteiger partial charge on any atom is 0.287 e. The summed E-state index contributed by atoms with van der Waals surface area (Å²) < 4.78 is 0. The van der Waals surface area contributed by atoms with Crippen LogP contribution < -0.4 is 20.5 Å². The molecule has 0 aliphatic rings. The van der Waals surface area contributed by atoms with Gasteiger partial charge in [0.15, 0.2) is 0 Å². The third-order valence-corrected chi connectivity index (χ3v) is 5.04. The molecule has 2 amide bonds. The van der Waals surface area contributed by atoms with Crippen molar-refractivity contribution in [2.75, 3.05) is 38.0 Å². The van der Waals surface area contributed by atoms with Crippen molar-refractivity contribution < 1.29 is 9.59 Å². The lowest BCUT2D eigenvalue weighted by Crippen LogP contribution is -2.32. The summed E-state index contributed by atoms with van der Waals surface area (Å²) in [5, 5.41) is 6.77. The first-order chi connectivity index (χ1) is 16.3. The molecule has 0 aliphatic carbocycles. The van der Waals surface area contributed by atoms with Crippen LogP contribution in [0.5, 0.6) is 0 Å². The molecule has 0 saturated heterocycles. The third kappa shape index (κ3) is 6.80. The van der Waals surface area contributed by atoms with Gasteiger partial charge in [0.25, 0.3) is 11.8 Å². The van der Waals surface area contributed by atoms with Gasteiger partial charge in [-0.2, -0.15) is 5.10 Å². The first-order valence-corrected chi connectivity index (χ1v) is 10.8. The van der Waals surface area contributed by atoms with Gasteiger partial charge >= 0.3 is 0 Å². The molecule has 0 fully saturated rings. The second-order valence-corrected chi connectivity index (χ2v) is 8.05. The Kier molecular flexibility index (Phi) is 8.18.